The van der Waals surface area contributed by atoms with Crippen molar-refractivity contribution in [1.29, 1.82) is 0 Å². The molecular weight excluding hydrogens is 424 g/mol. The highest BCUT2D eigenvalue weighted by molar-refractivity contribution is 5.94. The third-order valence-electron chi connectivity index (χ3n) is 4.64. The van der Waals surface area contributed by atoms with Crippen LogP contribution in [0.1, 0.15) is 53.9 Å². The fourth-order valence-electron chi connectivity index (χ4n) is 2.85. The average Bonchev–Trinajstić information content (AvgIpc) is 2.65. The fourth-order valence-corrected chi connectivity index (χ4v) is 2.85. The largest absolute Gasteiger partial charge is 0.481 e. The van der Waals surface area contributed by atoms with Crippen LogP contribution in [0.5, 0.6) is 0 Å². The van der Waals surface area contributed by atoms with Crippen LogP contribution < -0.4 is 21.7 Å². The first-order chi connectivity index (χ1) is 14.7. The van der Waals surface area contributed by atoms with Crippen LogP contribution in [0.25, 0.3) is 0 Å². The molecule has 0 aliphatic carbocycles. The van der Waals surface area contributed by atoms with Crippen LogP contribution in [-0.4, -0.2) is 75.3 Å². The molecule has 8 N–H and O–H groups in total. The smallest absolute Gasteiger partial charge is 0.326 e. The van der Waals surface area contributed by atoms with Gasteiger partial charge in [0.15, 0.2) is 0 Å². The van der Waals surface area contributed by atoms with Gasteiger partial charge in [-0.1, -0.05) is 27.7 Å². The van der Waals surface area contributed by atoms with Gasteiger partial charge in [0.2, 0.25) is 17.7 Å². The van der Waals surface area contributed by atoms with E-state index in [9.17, 15) is 34.2 Å². The standard InChI is InChI=1S/C20H36N4O8/c1-9(2)8-12(21)17(28)24-16(11(5)25)19(30)22-13(6-7-14(26)27)18(29)23-15(10(3)4)20(31)32/h9-13,15-16,25H,6-8,21H2,1-5H3,(H,22,30)(H,23,29)(H,24,28)(H,26,27)(H,31,32). The minimum absolute atomic E-state index is 0.113. The molecule has 12 heteroatoms. The van der Waals surface area contributed by atoms with Crippen LogP contribution >= 0.6 is 0 Å². The second-order valence-electron chi connectivity index (χ2n) is 8.53. The molecule has 0 aliphatic heterocycles. The van der Waals surface area contributed by atoms with Crippen molar-refractivity contribution in [2.45, 2.75) is 84.2 Å². The molecule has 3 amide bonds. The molecule has 0 radical (unpaired) electrons. The highest BCUT2D eigenvalue weighted by atomic mass is 16.4. The lowest BCUT2D eigenvalue weighted by Crippen LogP contribution is -2.60. The molecule has 32 heavy (non-hydrogen) atoms. The lowest BCUT2D eigenvalue weighted by atomic mass is 10.0. The summed E-state index contributed by atoms with van der Waals surface area (Å²) in [6.07, 6.45) is -1.82. The zero-order chi connectivity index (χ0) is 25.2. The van der Waals surface area contributed by atoms with E-state index in [0.717, 1.165) is 0 Å². The van der Waals surface area contributed by atoms with E-state index in [1.54, 1.807) is 13.8 Å². The quantitative estimate of drug-likeness (QED) is 0.166. The Morgan fingerprint density at radius 1 is 0.812 bits per heavy atom. The molecule has 5 unspecified atom stereocenters. The summed E-state index contributed by atoms with van der Waals surface area (Å²) in [4.78, 5) is 59.9. The number of carboxylic acids is 2. The second kappa shape index (κ2) is 13.6. The Labute approximate surface area is 187 Å². The van der Waals surface area contributed by atoms with Crippen molar-refractivity contribution in [1.82, 2.24) is 16.0 Å². The van der Waals surface area contributed by atoms with Crippen molar-refractivity contribution >= 4 is 29.7 Å². The van der Waals surface area contributed by atoms with Crippen molar-refractivity contribution in [3.63, 3.8) is 0 Å². The number of hydrogen-bond donors (Lipinski definition) is 7. The van der Waals surface area contributed by atoms with E-state index in [1.165, 1.54) is 6.92 Å². The SMILES string of the molecule is CC(C)CC(N)C(=O)NC(C(=O)NC(CCC(=O)O)C(=O)NC(C(=O)O)C(C)C)C(C)O. The number of nitrogens with one attached hydrogen (secondary N) is 3. The predicted molar refractivity (Wildman–Crippen MR) is 114 cm³/mol. The Balaban J connectivity index is 5.48. The minimum atomic E-state index is -1.46. The van der Waals surface area contributed by atoms with Gasteiger partial charge in [0, 0.05) is 6.42 Å². The molecule has 184 valence electrons. The van der Waals surface area contributed by atoms with Crippen molar-refractivity contribution < 1.29 is 39.3 Å². The molecular formula is C20H36N4O8. The van der Waals surface area contributed by atoms with Crippen molar-refractivity contribution in [3.05, 3.63) is 0 Å². The number of carbonyl (C=O) groups excluding carboxylic acids is 3. The Hall–Kier alpha value is -2.73. The Morgan fingerprint density at radius 2 is 1.34 bits per heavy atom. The number of aliphatic hydroxyl groups is 1. The molecule has 0 spiro atoms. The molecule has 0 rings (SSSR count). The summed E-state index contributed by atoms with van der Waals surface area (Å²) >= 11 is 0. The highest BCUT2D eigenvalue weighted by Crippen LogP contribution is 2.07. The van der Waals surface area contributed by atoms with Gasteiger partial charge in [-0.3, -0.25) is 19.2 Å². The molecule has 0 aromatic heterocycles. The van der Waals surface area contributed by atoms with Gasteiger partial charge in [0.05, 0.1) is 12.1 Å². The molecule has 12 nitrogen and oxygen atoms in total. The van der Waals surface area contributed by atoms with Gasteiger partial charge < -0.3 is 37.0 Å². The summed E-state index contributed by atoms with van der Waals surface area (Å²) in [5.74, 6) is -5.38. The maximum absolute atomic E-state index is 12.7. The summed E-state index contributed by atoms with van der Waals surface area (Å²) in [7, 11) is 0. The third-order valence-corrected chi connectivity index (χ3v) is 4.64. The van der Waals surface area contributed by atoms with Gasteiger partial charge in [0.1, 0.15) is 18.1 Å². The molecule has 0 saturated carbocycles. The van der Waals surface area contributed by atoms with Crippen molar-refractivity contribution in [2.24, 2.45) is 17.6 Å². The number of amides is 3. The molecule has 0 fully saturated rings. The topological polar surface area (TPSA) is 208 Å². The lowest BCUT2D eigenvalue weighted by Gasteiger charge is -2.27. The number of aliphatic hydroxyl groups excluding tert-OH is 1. The molecule has 0 heterocycles. The Kier molecular flexibility index (Phi) is 12.5. The Bertz CT molecular complexity index is 681. The lowest BCUT2D eigenvalue weighted by molar-refractivity contribution is -0.144. The number of nitrogens with two attached hydrogens (primary N) is 1. The highest BCUT2D eigenvalue weighted by Gasteiger charge is 2.33. The van der Waals surface area contributed by atoms with Gasteiger partial charge in [-0.2, -0.15) is 0 Å². The fraction of sp³-hybridized carbons (Fsp3) is 0.750. The number of aliphatic carboxylic acids is 2. The molecule has 0 saturated heterocycles. The summed E-state index contributed by atoms with van der Waals surface area (Å²) in [6.45, 7) is 8.12. The van der Waals surface area contributed by atoms with Gasteiger partial charge in [0.25, 0.3) is 0 Å². The normalized spacial score (nSPS) is 15.9. The zero-order valence-corrected chi connectivity index (χ0v) is 19.1. The first-order valence-corrected chi connectivity index (χ1v) is 10.5. The zero-order valence-electron chi connectivity index (χ0n) is 19.1. The van der Waals surface area contributed by atoms with E-state index in [-0.39, 0.29) is 12.3 Å². The summed E-state index contributed by atoms with van der Waals surface area (Å²) < 4.78 is 0. The molecule has 0 bridgehead atoms. The molecule has 0 aliphatic rings. The second-order valence-corrected chi connectivity index (χ2v) is 8.53. The van der Waals surface area contributed by atoms with Crippen LogP contribution in [0, 0.1) is 11.8 Å². The van der Waals surface area contributed by atoms with E-state index in [1.807, 2.05) is 13.8 Å². The summed E-state index contributed by atoms with van der Waals surface area (Å²) in [5.41, 5.74) is 5.80. The van der Waals surface area contributed by atoms with Gasteiger partial charge in [-0.25, -0.2) is 4.79 Å². The monoisotopic (exact) mass is 460 g/mol. The maximum Gasteiger partial charge on any atom is 0.326 e. The average molecular weight is 461 g/mol. The number of hydrogen-bond acceptors (Lipinski definition) is 7. The van der Waals surface area contributed by atoms with Crippen LogP contribution in [0.2, 0.25) is 0 Å². The van der Waals surface area contributed by atoms with E-state index in [0.29, 0.717) is 6.42 Å². The Morgan fingerprint density at radius 3 is 1.75 bits per heavy atom. The van der Waals surface area contributed by atoms with Crippen LogP contribution in [0.15, 0.2) is 0 Å². The van der Waals surface area contributed by atoms with Crippen LogP contribution in [-0.2, 0) is 24.0 Å². The first-order valence-electron chi connectivity index (χ1n) is 10.5. The van der Waals surface area contributed by atoms with Gasteiger partial charge >= 0.3 is 11.9 Å². The number of carbonyl (C=O) groups is 5. The number of carboxylic acid groups (broad SMARTS) is 2. The van der Waals surface area contributed by atoms with Crippen LogP contribution in [0.3, 0.4) is 0 Å². The van der Waals surface area contributed by atoms with E-state index in [4.69, 9.17) is 10.8 Å². The minimum Gasteiger partial charge on any atom is -0.481 e. The van der Waals surface area contributed by atoms with Gasteiger partial charge in [-0.15, -0.1) is 0 Å². The van der Waals surface area contributed by atoms with Gasteiger partial charge in [-0.05, 0) is 31.6 Å². The number of rotatable bonds is 14. The molecule has 0 aromatic rings. The third kappa shape index (κ3) is 10.5. The van der Waals surface area contributed by atoms with Crippen molar-refractivity contribution in [2.75, 3.05) is 0 Å². The molecule has 5 atom stereocenters. The van der Waals surface area contributed by atoms with E-state index < -0.39 is 72.3 Å². The van der Waals surface area contributed by atoms with Crippen molar-refractivity contribution in [3.8, 4) is 0 Å². The maximum atomic E-state index is 12.7. The first kappa shape index (κ1) is 29.3. The van der Waals surface area contributed by atoms with E-state index in [2.05, 4.69) is 16.0 Å². The summed E-state index contributed by atoms with van der Waals surface area (Å²) in [6, 6.07) is -5.03. The molecule has 0 aromatic carbocycles. The van der Waals surface area contributed by atoms with Crippen LogP contribution in [0.4, 0.5) is 0 Å². The van der Waals surface area contributed by atoms with E-state index >= 15 is 0 Å². The predicted octanol–water partition coefficient (Wildman–Crippen LogP) is -1.20. The summed E-state index contributed by atoms with van der Waals surface area (Å²) in [5, 5.41) is 35.1.